The van der Waals surface area contributed by atoms with Crippen LogP contribution in [0, 0.1) is 0 Å². The van der Waals surface area contributed by atoms with Crippen LogP contribution in [0.4, 0.5) is 0 Å². The second kappa shape index (κ2) is 7.70. The van der Waals surface area contributed by atoms with E-state index in [1.54, 1.807) is 0 Å². The summed E-state index contributed by atoms with van der Waals surface area (Å²) in [5.41, 5.74) is 0. The first-order chi connectivity index (χ1) is 8.19. The normalized spacial score (nSPS) is 21.5. The highest BCUT2D eigenvalue weighted by Crippen LogP contribution is 2.18. The summed E-state index contributed by atoms with van der Waals surface area (Å²) in [6, 6.07) is 0.357. The predicted molar refractivity (Wildman–Crippen MR) is 70.0 cm³/mol. The van der Waals surface area contributed by atoms with Gasteiger partial charge in [-0.1, -0.05) is 20.3 Å². The Balaban J connectivity index is 2.45. The molecule has 0 N–H and O–H groups in total. The van der Waals surface area contributed by atoms with Crippen molar-refractivity contribution in [1.82, 2.24) is 4.90 Å². The van der Waals surface area contributed by atoms with Gasteiger partial charge in [-0.3, -0.25) is 4.79 Å². The maximum Gasteiger partial charge on any atom is 0.225 e. The van der Waals surface area contributed by atoms with E-state index >= 15 is 0 Å². The van der Waals surface area contributed by atoms with Crippen LogP contribution in [0.5, 0.6) is 0 Å². The van der Waals surface area contributed by atoms with Gasteiger partial charge in [-0.05, 0) is 32.6 Å². The molecule has 0 bridgehead atoms. The number of carbonyl (C=O) groups is 1. The molecular formula is C14H27NO2. The zero-order chi connectivity index (χ0) is 12.7. The molecule has 0 saturated carbocycles. The Bertz CT molecular complexity index is 224. The van der Waals surface area contributed by atoms with Gasteiger partial charge in [0.15, 0.2) is 0 Å². The van der Waals surface area contributed by atoms with Crippen LogP contribution in [-0.4, -0.2) is 36.1 Å². The molecule has 0 spiro atoms. The average molecular weight is 241 g/mol. The van der Waals surface area contributed by atoms with Crippen molar-refractivity contribution in [3.05, 3.63) is 0 Å². The fourth-order valence-corrected chi connectivity index (χ4v) is 2.26. The van der Waals surface area contributed by atoms with Crippen molar-refractivity contribution in [2.24, 2.45) is 0 Å². The molecule has 100 valence electrons. The minimum Gasteiger partial charge on any atom is -0.378 e. The van der Waals surface area contributed by atoms with Crippen LogP contribution in [0.15, 0.2) is 0 Å². The van der Waals surface area contributed by atoms with Crippen LogP contribution >= 0.6 is 0 Å². The molecule has 1 aliphatic rings. The van der Waals surface area contributed by atoms with Crippen LogP contribution < -0.4 is 0 Å². The summed E-state index contributed by atoms with van der Waals surface area (Å²) in [7, 11) is 0. The van der Waals surface area contributed by atoms with Crippen molar-refractivity contribution in [1.29, 1.82) is 0 Å². The van der Waals surface area contributed by atoms with Crippen molar-refractivity contribution in [3.8, 4) is 0 Å². The summed E-state index contributed by atoms with van der Waals surface area (Å²) < 4.78 is 5.54. The van der Waals surface area contributed by atoms with Crippen molar-refractivity contribution in [2.75, 3.05) is 13.2 Å². The molecule has 1 fully saturated rings. The van der Waals surface area contributed by atoms with E-state index in [1.165, 1.54) is 0 Å². The Kier molecular flexibility index (Phi) is 6.56. The first-order valence-corrected chi connectivity index (χ1v) is 7.10. The number of nitrogens with zero attached hydrogens (tertiary/aromatic N) is 1. The maximum atomic E-state index is 12.3. The van der Waals surface area contributed by atoms with Crippen LogP contribution in [0.3, 0.4) is 0 Å². The van der Waals surface area contributed by atoms with E-state index in [0.717, 1.165) is 45.3 Å². The minimum atomic E-state index is 0.177. The lowest BCUT2D eigenvalue weighted by Gasteiger charge is -2.29. The molecule has 0 radical (unpaired) electrons. The highest BCUT2D eigenvalue weighted by Gasteiger charge is 2.24. The second-order valence-electron chi connectivity index (χ2n) is 5.04. The Hall–Kier alpha value is -0.570. The summed E-state index contributed by atoms with van der Waals surface area (Å²) in [6.45, 7) is 8.18. The van der Waals surface area contributed by atoms with E-state index in [9.17, 15) is 4.79 Å². The molecule has 2 unspecified atom stereocenters. The standard InChI is InChI=1S/C14H27NO2/c1-4-6-9-15(12(3)5-2)14(16)11-13-8-7-10-17-13/h12-13H,4-11H2,1-3H3. The molecule has 0 aromatic rings. The Morgan fingerprint density at radius 1 is 1.47 bits per heavy atom. The summed E-state index contributed by atoms with van der Waals surface area (Å²) in [4.78, 5) is 14.3. The highest BCUT2D eigenvalue weighted by molar-refractivity contribution is 5.77. The van der Waals surface area contributed by atoms with E-state index < -0.39 is 0 Å². The molecule has 2 atom stereocenters. The molecule has 3 nitrogen and oxygen atoms in total. The van der Waals surface area contributed by atoms with Gasteiger partial charge in [0.25, 0.3) is 0 Å². The first-order valence-electron chi connectivity index (χ1n) is 7.10. The molecule has 0 aromatic heterocycles. The SMILES string of the molecule is CCCCN(C(=O)CC1CCCO1)C(C)CC. The zero-order valence-electron chi connectivity index (χ0n) is 11.6. The zero-order valence-corrected chi connectivity index (χ0v) is 11.6. The molecule has 1 saturated heterocycles. The van der Waals surface area contributed by atoms with Gasteiger partial charge in [0.05, 0.1) is 12.5 Å². The van der Waals surface area contributed by atoms with Gasteiger partial charge < -0.3 is 9.64 Å². The Morgan fingerprint density at radius 3 is 2.76 bits per heavy atom. The van der Waals surface area contributed by atoms with Crippen molar-refractivity contribution >= 4 is 5.91 Å². The summed E-state index contributed by atoms with van der Waals surface area (Å²) in [6.07, 6.45) is 6.18. The third kappa shape index (κ3) is 4.66. The smallest absolute Gasteiger partial charge is 0.225 e. The largest absolute Gasteiger partial charge is 0.378 e. The fraction of sp³-hybridized carbons (Fsp3) is 0.929. The lowest BCUT2D eigenvalue weighted by atomic mass is 10.1. The number of unbranched alkanes of at least 4 members (excludes halogenated alkanes) is 1. The second-order valence-corrected chi connectivity index (χ2v) is 5.04. The monoisotopic (exact) mass is 241 g/mol. The van der Waals surface area contributed by atoms with Gasteiger partial charge in [0.1, 0.15) is 0 Å². The van der Waals surface area contributed by atoms with Gasteiger partial charge in [-0.15, -0.1) is 0 Å². The van der Waals surface area contributed by atoms with E-state index in [-0.39, 0.29) is 12.0 Å². The maximum absolute atomic E-state index is 12.3. The molecule has 0 aliphatic carbocycles. The number of carbonyl (C=O) groups excluding carboxylic acids is 1. The van der Waals surface area contributed by atoms with E-state index in [1.807, 2.05) is 4.90 Å². The fourth-order valence-electron chi connectivity index (χ4n) is 2.26. The Labute approximate surface area is 106 Å². The quantitative estimate of drug-likeness (QED) is 0.686. The number of ether oxygens (including phenoxy) is 1. The van der Waals surface area contributed by atoms with Gasteiger partial charge in [-0.25, -0.2) is 0 Å². The van der Waals surface area contributed by atoms with Crippen LogP contribution in [0.1, 0.15) is 59.3 Å². The first kappa shape index (κ1) is 14.5. The molecule has 0 aromatic carbocycles. The van der Waals surface area contributed by atoms with E-state index in [4.69, 9.17) is 4.74 Å². The highest BCUT2D eigenvalue weighted by atomic mass is 16.5. The molecule has 1 aliphatic heterocycles. The number of hydrogen-bond donors (Lipinski definition) is 0. The van der Waals surface area contributed by atoms with Crippen LogP contribution in [-0.2, 0) is 9.53 Å². The molecule has 1 heterocycles. The van der Waals surface area contributed by atoms with Crippen molar-refractivity contribution < 1.29 is 9.53 Å². The molecule has 17 heavy (non-hydrogen) atoms. The topological polar surface area (TPSA) is 29.5 Å². The summed E-state index contributed by atoms with van der Waals surface area (Å²) >= 11 is 0. The van der Waals surface area contributed by atoms with Gasteiger partial charge in [0, 0.05) is 19.2 Å². The van der Waals surface area contributed by atoms with Gasteiger partial charge in [-0.2, -0.15) is 0 Å². The van der Waals surface area contributed by atoms with Crippen molar-refractivity contribution in [3.63, 3.8) is 0 Å². The Morgan fingerprint density at radius 2 is 2.24 bits per heavy atom. The predicted octanol–water partition coefficient (Wildman–Crippen LogP) is 2.98. The minimum absolute atomic E-state index is 0.177. The number of rotatable bonds is 7. The summed E-state index contributed by atoms with van der Waals surface area (Å²) in [5, 5.41) is 0. The number of hydrogen-bond acceptors (Lipinski definition) is 2. The average Bonchev–Trinajstić information content (AvgIpc) is 2.81. The number of amides is 1. The lowest BCUT2D eigenvalue weighted by Crippen LogP contribution is -2.40. The third-order valence-corrected chi connectivity index (χ3v) is 3.62. The van der Waals surface area contributed by atoms with Crippen molar-refractivity contribution in [2.45, 2.75) is 71.4 Å². The van der Waals surface area contributed by atoms with Gasteiger partial charge in [0.2, 0.25) is 5.91 Å². The molecule has 1 rings (SSSR count). The van der Waals surface area contributed by atoms with Crippen LogP contribution in [0.2, 0.25) is 0 Å². The van der Waals surface area contributed by atoms with Crippen LogP contribution in [0.25, 0.3) is 0 Å². The van der Waals surface area contributed by atoms with Gasteiger partial charge >= 0.3 is 0 Å². The molecule has 1 amide bonds. The molecular weight excluding hydrogens is 214 g/mol. The lowest BCUT2D eigenvalue weighted by molar-refractivity contribution is -0.135. The van der Waals surface area contributed by atoms with E-state index in [0.29, 0.717) is 12.5 Å². The van der Waals surface area contributed by atoms with E-state index in [2.05, 4.69) is 20.8 Å². The third-order valence-electron chi connectivity index (χ3n) is 3.62. The molecule has 3 heteroatoms. The summed E-state index contributed by atoms with van der Waals surface area (Å²) in [5.74, 6) is 0.278.